The van der Waals surface area contributed by atoms with Crippen molar-refractivity contribution in [3.63, 3.8) is 0 Å². The van der Waals surface area contributed by atoms with E-state index in [1.165, 1.54) is 6.07 Å². The zero-order valence-corrected chi connectivity index (χ0v) is 11.6. The maximum atomic E-state index is 11.2. The summed E-state index contributed by atoms with van der Waals surface area (Å²) in [7, 11) is 0. The van der Waals surface area contributed by atoms with Gasteiger partial charge < -0.3 is 15.2 Å². The van der Waals surface area contributed by atoms with Crippen LogP contribution in [0.2, 0.25) is 0 Å². The Morgan fingerprint density at radius 1 is 1.41 bits per heavy atom. The van der Waals surface area contributed by atoms with Crippen molar-refractivity contribution < 1.29 is 44.3 Å². The number of amides is 1. The second kappa shape index (κ2) is 5.44. The zero-order valence-electron chi connectivity index (χ0n) is 9.56. The van der Waals surface area contributed by atoms with E-state index >= 15 is 0 Å². The maximum absolute atomic E-state index is 11.2. The van der Waals surface area contributed by atoms with Crippen molar-refractivity contribution in [2.45, 2.75) is 13.0 Å². The number of rotatable bonds is 2. The van der Waals surface area contributed by atoms with Gasteiger partial charge in [0.25, 0.3) is 5.91 Å². The van der Waals surface area contributed by atoms with E-state index in [2.05, 4.69) is 10.3 Å². The monoisotopic (exact) mass is 240 g/mol. The molecule has 6 heteroatoms. The summed E-state index contributed by atoms with van der Waals surface area (Å²) in [6, 6.07) is 5.87. The van der Waals surface area contributed by atoms with Crippen LogP contribution < -0.4 is 40.0 Å². The van der Waals surface area contributed by atoms with Crippen molar-refractivity contribution in [3.05, 3.63) is 35.4 Å². The van der Waals surface area contributed by atoms with Gasteiger partial charge in [0.1, 0.15) is 11.9 Å². The molecular weight excluding hydrogens is 231 g/mol. The van der Waals surface area contributed by atoms with Crippen molar-refractivity contribution in [3.8, 4) is 0 Å². The number of nitrogens with zero attached hydrogens (tertiary/aromatic N) is 1. The normalized spacial score (nSPS) is 18.1. The minimum Gasteiger partial charge on any atom is -0.545 e. The van der Waals surface area contributed by atoms with Gasteiger partial charge in [-0.25, -0.2) is 0 Å². The molecule has 1 aliphatic heterocycles. The SMILES string of the molecule is CC1NC(c2ccccc2C(=O)[O-])=NC1=O.[Na+]. The van der Waals surface area contributed by atoms with Crippen molar-refractivity contribution in [2.75, 3.05) is 0 Å². The van der Waals surface area contributed by atoms with Crippen molar-refractivity contribution in [1.82, 2.24) is 5.32 Å². The number of carbonyl (C=O) groups excluding carboxylic acids is 2. The summed E-state index contributed by atoms with van der Waals surface area (Å²) in [5, 5.41) is 13.7. The average molecular weight is 240 g/mol. The molecule has 2 rings (SSSR count). The Kier molecular flexibility index (Phi) is 4.45. The van der Waals surface area contributed by atoms with Gasteiger partial charge in [0.2, 0.25) is 0 Å². The van der Waals surface area contributed by atoms with Gasteiger partial charge in [-0.15, -0.1) is 0 Å². The van der Waals surface area contributed by atoms with E-state index in [1.54, 1.807) is 25.1 Å². The third-order valence-corrected chi connectivity index (χ3v) is 2.35. The number of hydrogen-bond donors (Lipinski definition) is 1. The molecular formula is C11H9N2NaO3. The number of carbonyl (C=O) groups is 2. The summed E-state index contributed by atoms with van der Waals surface area (Å²) in [5.74, 6) is -1.30. The van der Waals surface area contributed by atoms with Crippen molar-refractivity contribution >= 4 is 17.7 Å². The zero-order chi connectivity index (χ0) is 11.7. The van der Waals surface area contributed by atoms with Gasteiger partial charge in [-0.1, -0.05) is 24.3 Å². The van der Waals surface area contributed by atoms with E-state index in [0.717, 1.165) is 0 Å². The Labute approximate surface area is 120 Å². The number of aliphatic imine (C=N–C) groups is 1. The van der Waals surface area contributed by atoms with Crippen LogP contribution >= 0.6 is 0 Å². The van der Waals surface area contributed by atoms with Crippen LogP contribution in [-0.2, 0) is 4.79 Å². The fraction of sp³-hybridized carbons (Fsp3) is 0.182. The number of carboxylic acids is 1. The predicted octanol–water partition coefficient (Wildman–Crippen LogP) is -3.68. The molecule has 1 aliphatic rings. The average Bonchev–Trinajstić information content (AvgIpc) is 2.59. The van der Waals surface area contributed by atoms with E-state index in [1.807, 2.05) is 0 Å². The first-order valence-corrected chi connectivity index (χ1v) is 4.79. The second-order valence-electron chi connectivity index (χ2n) is 3.50. The Morgan fingerprint density at radius 2 is 2.06 bits per heavy atom. The number of nitrogens with one attached hydrogen (secondary N) is 1. The summed E-state index contributed by atoms with van der Waals surface area (Å²) in [5.41, 5.74) is 0.399. The first-order valence-electron chi connectivity index (χ1n) is 4.79. The van der Waals surface area contributed by atoms with Gasteiger partial charge in [-0.05, 0) is 6.92 Å². The van der Waals surface area contributed by atoms with Gasteiger partial charge in [-0.3, -0.25) is 4.79 Å². The number of carboxylic acid groups (broad SMARTS) is 1. The molecule has 1 atom stereocenters. The van der Waals surface area contributed by atoms with Crippen LogP contribution in [0.4, 0.5) is 0 Å². The summed E-state index contributed by atoms with van der Waals surface area (Å²) >= 11 is 0. The van der Waals surface area contributed by atoms with Crippen LogP contribution in [0.1, 0.15) is 22.8 Å². The largest absolute Gasteiger partial charge is 1.00 e. The molecule has 1 aromatic carbocycles. The van der Waals surface area contributed by atoms with Gasteiger partial charge in [0.15, 0.2) is 0 Å². The van der Waals surface area contributed by atoms with Crippen molar-refractivity contribution in [2.24, 2.45) is 4.99 Å². The minimum atomic E-state index is -1.29. The molecule has 1 N–H and O–H groups in total. The van der Waals surface area contributed by atoms with Gasteiger partial charge in [0.05, 0.1) is 5.97 Å². The molecule has 0 saturated carbocycles. The van der Waals surface area contributed by atoms with Crippen LogP contribution in [0.3, 0.4) is 0 Å². The molecule has 0 radical (unpaired) electrons. The molecule has 1 heterocycles. The third-order valence-electron chi connectivity index (χ3n) is 2.35. The summed E-state index contributed by atoms with van der Waals surface area (Å²) < 4.78 is 0. The summed E-state index contributed by atoms with van der Waals surface area (Å²) in [6.07, 6.45) is 0. The maximum Gasteiger partial charge on any atom is 1.00 e. The molecule has 0 bridgehead atoms. The molecule has 5 nitrogen and oxygen atoms in total. The Balaban J connectivity index is 0.00000144. The molecule has 0 fully saturated rings. The smallest absolute Gasteiger partial charge is 0.545 e. The molecule has 0 saturated heterocycles. The van der Waals surface area contributed by atoms with E-state index in [9.17, 15) is 14.7 Å². The molecule has 1 amide bonds. The van der Waals surface area contributed by atoms with E-state index in [-0.39, 0.29) is 46.9 Å². The molecule has 0 aromatic heterocycles. The molecule has 1 aromatic rings. The number of hydrogen-bond acceptors (Lipinski definition) is 4. The fourth-order valence-electron chi connectivity index (χ4n) is 1.51. The minimum absolute atomic E-state index is 0. The quantitative estimate of drug-likeness (QED) is 0.540. The molecule has 17 heavy (non-hydrogen) atoms. The van der Waals surface area contributed by atoms with Crippen LogP contribution in [0.25, 0.3) is 0 Å². The molecule has 0 spiro atoms. The summed E-state index contributed by atoms with van der Waals surface area (Å²) in [4.78, 5) is 25.8. The Hall–Kier alpha value is -1.17. The first-order chi connectivity index (χ1) is 7.59. The van der Waals surface area contributed by atoms with Crippen LogP contribution in [0.15, 0.2) is 29.3 Å². The number of aromatic carboxylic acids is 1. The van der Waals surface area contributed by atoms with Crippen molar-refractivity contribution in [1.29, 1.82) is 0 Å². The van der Waals surface area contributed by atoms with E-state index in [0.29, 0.717) is 5.56 Å². The Bertz CT molecular complexity index is 499. The molecule has 82 valence electrons. The van der Waals surface area contributed by atoms with E-state index in [4.69, 9.17) is 0 Å². The van der Waals surface area contributed by atoms with Gasteiger partial charge in [0, 0.05) is 11.1 Å². The molecule has 1 unspecified atom stereocenters. The predicted molar refractivity (Wildman–Crippen MR) is 54.9 cm³/mol. The first kappa shape index (κ1) is 13.9. The van der Waals surface area contributed by atoms with Crippen LogP contribution in [0.5, 0.6) is 0 Å². The summed E-state index contributed by atoms with van der Waals surface area (Å²) in [6.45, 7) is 1.67. The van der Waals surface area contributed by atoms with Gasteiger partial charge >= 0.3 is 29.6 Å². The molecule has 0 aliphatic carbocycles. The van der Waals surface area contributed by atoms with Gasteiger partial charge in [-0.2, -0.15) is 4.99 Å². The standard InChI is InChI=1S/C11H10N2O3.Na/c1-6-10(14)13-9(12-6)7-4-2-3-5-8(7)11(15)16;/h2-6H,1H3,(H,15,16)(H,12,13,14);/q;+1/p-1. The Morgan fingerprint density at radius 3 is 2.59 bits per heavy atom. The fourth-order valence-corrected chi connectivity index (χ4v) is 1.51. The van der Waals surface area contributed by atoms with E-state index < -0.39 is 12.0 Å². The van der Waals surface area contributed by atoms with Crippen LogP contribution in [0, 0.1) is 0 Å². The van der Waals surface area contributed by atoms with Crippen LogP contribution in [-0.4, -0.2) is 23.8 Å². The third kappa shape index (κ3) is 2.74. The topological polar surface area (TPSA) is 81.6 Å². The number of benzene rings is 1. The second-order valence-corrected chi connectivity index (χ2v) is 3.50. The number of amidine groups is 1.